The maximum absolute atomic E-state index is 12.3. The number of aromatic nitrogens is 7. The largest absolute Gasteiger partial charge is 0.300 e. The molecule has 1 fully saturated rings. The third-order valence-electron chi connectivity index (χ3n) is 5.77. The van der Waals surface area contributed by atoms with Gasteiger partial charge in [-0.05, 0) is 31.4 Å². The SMILES string of the molecule is O=C(Cc1ccccn1)Nc1nnc([C@H]2CCC[C@H](c3nnc(NC(=O)Cc4cnccn4)s3)C2)s1. The van der Waals surface area contributed by atoms with E-state index >= 15 is 0 Å². The average Bonchev–Trinajstić information content (AvgIpc) is 3.55. The summed E-state index contributed by atoms with van der Waals surface area (Å²) in [4.78, 5) is 36.9. The first-order valence-corrected chi connectivity index (χ1v) is 13.2. The van der Waals surface area contributed by atoms with Crippen LogP contribution in [0.2, 0.25) is 0 Å². The first-order valence-electron chi connectivity index (χ1n) is 11.5. The number of anilines is 2. The Bertz CT molecular complexity index is 1210. The number of nitrogens with zero attached hydrogens (tertiary/aromatic N) is 7. The summed E-state index contributed by atoms with van der Waals surface area (Å²) >= 11 is 2.82. The van der Waals surface area contributed by atoms with Gasteiger partial charge < -0.3 is 10.6 Å². The van der Waals surface area contributed by atoms with E-state index in [9.17, 15) is 9.59 Å². The molecule has 184 valence electrons. The molecule has 36 heavy (non-hydrogen) atoms. The van der Waals surface area contributed by atoms with Gasteiger partial charge in [-0.25, -0.2) is 0 Å². The Morgan fingerprint density at radius 2 is 1.44 bits per heavy atom. The lowest BCUT2D eigenvalue weighted by atomic mass is 9.82. The highest BCUT2D eigenvalue weighted by Crippen LogP contribution is 2.43. The Morgan fingerprint density at radius 3 is 2.03 bits per heavy atom. The summed E-state index contributed by atoms with van der Waals surface area (Å²) in [5.41, 5.74) is 1.30. The van der Waals surface area contributed by atoms with E-state index in [1.54, 1.807) is 24.8 Å². The molecule has 4 aromatic heterocycles. The molecular weight excluding hydrogens is 498 g/mol. The highest BCUT2D eigenvalue weighted by atomic mass is 32.1. The molecule has 0 aliphatic heterocycles. The van der Waals surface area contributed by atoms with Crippen molar-refractivity contribution in [2.75, 3.05) is 10.6 Å². The smallest absolute Gasteiger partial charge is 0.232 e. The minimum Gasteiger partial charge on any atom is -0.300 e. The van der Waals surface area contributed by atoms with E-state index < -0.39 is 0 Å². The Kier molecular flexibility index (Phi) is 7.57. The van der Waals surface area contributed by atoms with Crippen molar-refractivity contribution in [2.45, 2.75) is 50.4 Å². The van der Waals surface area contributed by atoms with Gasteiger partial charge in [0.15, 0.2) is 0 Å². The second kappa shape index (κ2) is 11.4. The van der Waals surface area contributed by atoms with Crippen molar-refractivity contribution in [3.8, 4) is 0 Å². The van der Waals surface area contributed by atoms with E-state index in [1.165, 1.54) is 22.7 Å². The third-order valence-corrected chi connectivity index (χ3v) is 7.78. The van der Waals surface area contributed by atoms with Crippen molar-refractivity contribution in [3.05, 3.63) is 64.4 Å². The summed E-state index contributed by atoms with van der Waals surface area (Å²) in [6, 6.07) is 5.48. The Balaban J connectivity index is 1.15. The third kappa shape index (κ3) is 6.29. The Morgan fingerprint density at radius 1 is 0.806 bits per heavy atom. The van der Waals surface area contributed by atoms with E-state index in [4.69, 9.17) is 0 Å². The summed E-state index contributed by atoms with van der Waals surface area (Å²) in [6.45, 7) is 0. The maximum atomic E-state index is 12.3. The quantitative estimate of drug-likeness (QED) is 0.356. The number of carbonyl (C=O) groups excluding carboxylic acids is 2. The summed E-state index contributed by atoms with van der Waals surface area (Å²) < 4.78 is 0. The fraction of sp³-hybridized carbons (Fsp3) is 0.348. The number of nitrogens with one attached hydrogen (secondary N) is 2. The van der Waals surface area contributed by atoms with Crippen LogP contribution in [0.4, 0.5) is 10.3 Å². The van der Waals surface area contributed by atoms with Crippen LogP contribution in [-0.4, -0.2) is 47.2 Å². The molecule has 0 radical (unpaired) electrons. The van der Waals surface area contributed by atoms with Gasteiger partial charge >= 0.3 is 0 Å². The first-order chi connectivity index (χ1) is 17.6. The summed E-state index contributed by atoms with van der Waals surface area (Å²) in [5.74, 6) is 0.103. The lowest BCUT2D eigenvalue weighted by Crippen LogP contribution is -2.15. The molecule has 0 saturated heterocycles. The van der Waals surface area contributed by atoms with Crippen LogP contribution in [0.1, 0.15) is 58.9 Å². The van der Waals surface area contributed by atoms with Crippen LogP contribution in [0, 0.1) is 0 Å². The highest BCUT2D eigenvalue weighted by Gasteiger charge is 2.29. The average molecular weight is 522 g/mol. The minimum atomic E-state index is -0.203. The molecule has 11 nitrogen and oxygen atoms in total. The van der Waals surface area contributed by atoms with Gasteiger partial charge in [0, 0.05) is 42.3 Å². The summed E-state index contributed by atoms with van der Waals surface area (Å²) in [5, 5.41) is 25.5. The van der Waals surface area contributed by atoms with Crippen LogP contribution in [-0.2, 0) is 22.4 Å². The lowest BCUT2D eigenvalue weighted by Gasteiger charge is -2.25. The molecule has 4 heterocycles. The van der Waals surface area contributed by atoms with Crippen molar-refractivity contribution in [3.63, 3.8) is 0 Å². The van der Waals surface area contributed by atoms with Gasteiger partial charge in [0.25, 0.3) is 0 Å². The molecule has 0 bridgehead atoms. The predicted molar refractivity (Wildman–Crippen MR) is 135 cm³/mol. The number of hydrogen-bond donors (Lipinski definition) is 2. The summed E-state index contributed by atoms with van der Waals surface area (Å²) in [7, 11) is 0. The van der Waals surface area contributed by atoms with Crippen molar-refractivity contribution >= 4 is 44.8 Å². The maximum Gasteiger partial charge on any atom is 0.232 e. The van der Waals surface area contributed by atoms with Crippen LogP contribution >= 0.6 is 22.7 Å². The normalized spacial score (nSPS) is 17.4. The van der Waals surface area contributed by atoms with Gasteiger partial charge in [0.1, 0.15) is 10.0 Å². The van der Waals surface area contributed by atoms with Crippen LogP contribution in [0.5, 0.6) is 0 Å². The molecule has 1 aliphatic carbocycles. The van der Waals surface area contributed by atoms with Crippen LogP contribution in [0.3, 0.4) is 0 Å². The van der Waals surface area contributed by atoms with Gasteiger partial charge in [-0.2, -0.15) is 0 Å². The number of rotatable bonds is 8. The molecule has 0 spiro atoms. The molecule has 2 amide bonds. The lowest BCUT2D eigenvalue weighted by molar-refractivity contribution is -0.116. The van der Waals surface area contributed by atoms with Crippen molar-refractivity contribution in [2.24, 2.45) is 0 Å². The minimum absolute atomic E-state index is 0.131. The van der Waals surface area contributed by atoms with E-state index in [2.05, 4.69) is 46.0 Å². The fourth-order valence-electron chi connectivity index (χ4n) is 4.12. The Labute approximate surface area is 214 Å². The van der Waals surface area contributed by atoms with Crippen molar-refractivity contribution in [1.29, 1.82) is 0 Å². The van der Waals surface area contributed by atoms with Gasteiger partial charge in [0.05, 0.1) is 18.5 Å². The topological polar surface area (TPSA) is 148 Å². The molecule has 2 N–H and O–H groups in total. The molecule has 1 aliphatic rings. The van der Waals surface area contributed by atoms with Crippen LogP contribution in [0.15, 0.2) is 43.0 Å². The van der Waals surface area contributed by atoms with Crippen molar-refractivity contribution < 1.29 is 9.59 Å². The number of pyridine rings is 1. The summed E-state index contributed by atoms with van der Waals surface area (Å²) in [6.07, 6.45) is 10.6. The van der Waals surface area contributed by atoms with Crippen LogP contribution < -0.4 is 10.6 Å². The predicted octanol–water partition coefficient (Wildman–Crippen LogP) is 3.38. The van der Waals surface area contributed by atoms with E-state index in [0.29, 0.717) is 21.7 Å². The monoisotopic (exact) mass is 521 g/mol. The van der Waals surface area contributed by atoms with Gasteiger partial charge in [-0.15, -0.1) is 20.4 Å². The molecule has 4 aromatic rings. The Hall–Kier alpha value is -3.71. The standard InChI is InChI=1S/C23H23N9O2S2/c33-18(11-16-6-1-2-7-25-16)27-22-31-29-20(35-22)14-4-3-5-15(10-14)21-30-32-23(36-21)28-19(34)12-17-13-24-8-9-26-17/h1-2,6-9,13-15H,3-5,10-12H2,(H,27,31,33)(H,28,32,34)/t14-,15-/m0/s1. The number of carbonyl (C=O) groups is 2. The van der Waals surface area contributed by atoms with Crippen LogP contribution in [0.25, 0.3) is 0 Å². The number of amides is 2. The molecule has 5 rings (SSSR count). The molecular formula is C23H23N9O2S2. The second-order valence-corrected chi connectivity index (χ2v) is 10.4. The van der Waals surface area contributed by atoms with Gasteiger partial charge in [-0.1, -0.05) is 35.2 Å². The molecule has 1 saturated carbocycles. The molecule has 0 aromatic carbocycles. The highest BCUT2D eigenvalue weighted by molar-refractivity contribution is 7.15. The van der Waals surface area contributed by atoms with E-state index in [0.717, 1.165) is 35.7 Å². The fourth-order valence-corrected chi connectivity index (χ4v) is 5.93. The molecule has 13 heteroatoms. The first kappa shape index (κ1) is 24.0. The number of hydrogen-bond acceptors (Lipinski definition) is 11. The van der Waals surface area contributed by atoms with Gasteiger partial charge in [0.2, 0.25) is 22.1 Å². The van der Waals surface area contributed by atoms with E-state index in [-0.39, 0.29) is 36.5 Å². The zero-order chi connectivity index (χ0) is 24.7. The van der Waals surface area contributed by atoms with E-state index in [1.807, 2.05) is 18.2 Å². The van der Waals surface area contributed by atoms with Crippen molar-refractivity contribution in [1.82, 2.24) is 35.3 Å². The second-order valence-electron chi connectivity index (χ2n) is 8.42. The zero-order valence-corrected chi connectivity index (χ0v) is 20.8. The molecule has 2 atom stereocenters. The molecule has 0 unspecified atom stereocenters. The zero-order valence-electron chi connectivity index (χ0n) is 19.2. The van der Waals surface area contributed by atoms with Gasteiger partial charge in [-0.3, -0.25) is 24.5 Å².